The lowest BCUT2D eigenvalue weighted by Gasteiger charge is -2.22. The van der Waals surface area contributed by atoms with Crippen molar-refractivity contribution in [3.05, 3.63) is 53.3 Å². The minimum Gasteiger partial charge on any atom is -0.448 e. The molecular formula is C23H28FN3O3. The molecule has 160 valence electrons. The molecule has 0 saturated carbocycles. The number of halogens is 1. The van der Waals surface area contributed by atoms with Gasteiger partial charge in [-0.05, 0) is 44.4 Å². The Hall–Kier alpha value is -2.93. The Kier molecular flexibility index (Phi) is 6.72. The average molecular weight is 413 g/mol. The van der Waals surface area contributed by atoms with Gasteiger partial charge in [0.15, 0.2) is 0 Å². The van der Waals surface area contributed by atoms with Crippen molar-refractivity contribution in [1.29, 1.82) is 0 Å². The van der Waals surface area contributed by atoms with Gasteiger partial charge in [-0.15, -0.1) is 0 Å². The number of furan rings is 1. The SMILES string of the molecule is CC.Cc1ccc(Nc2c(C(=O)N3CCCC3CO)oc3c(C)cncc23)c(F)c1. The fraction of sp³-hybridized carbons (Fsp3) is 0.391. The van der Waals surface area contributed by atoms with E-state index in [2.05, 4.69) is 10.3 Å². The second kappa shape index (κ2) is 9.26. The molecule has 1 unspecified atom stereocenters. The normalized spacial score (nSPS) is 15.8. The molecule has 0 aliphatic carbocycles. The molecule has 30 heavy (non-hydrogen) atoms. The summed E-state index contributed by atoms with van der Waals surface area (Å²) in [4.78, 5) is 19.0. The van der Waals surface area contributed by atoms with Gasteiger partial charge in [0.05, 0.1) is 23.7 Å². The first-order valence-electron chi connectivity index (χ1n) is 10.3. The van der Waals surface area contributed by atoms with Crippen LogP contribution in [0.25, 0.3) is 11.0 Å². The van der Waals surface area contributed by atoms with Crippen LogP contribution < -0.4 is 5.32 Å². The van der Waals surface area contributed by atoms with E-state index in [9.17, 15) is 14.3 Å². The first-order valence-corrected chi connectivity index (χ1v) is 10.3. The van der Waals surface area contributed by atoms with Gasteiger partial charge in [-0.1, -0.05) is 19.9 Å². The Morgan fingerprint density at radius 2 is 2.10 bits per heavy atom. The zero-order valence-corrected chi connectivity index (χ0v) is 17.8. The summed E-state index contributed by atoms with van der Waals surface area (Å²) in [6.07, 6.45) is 4.83. The van der Waals surface area contributed by atoms with Crippen molar-refractivity contribution in [2.45, 2.75) is 46.6 Å². The molecule has 1 amide bonds. The van der Waals surface area contributed by atoms with Crippen LogP contribution in [0.3, 0.4) is 0 Å². The molecule has 2 aromatic heterocycles. The van der Waals surface area contributed by atoms with E-state index in [1.165, 1.54) is 6.07 Å². The van der Waals surface area contributed by atoms with Crippen molar-refractivity contribution in [3.8, 4) is 0 Å². The number of anilines is 2. The Labute approximate surface area is 175 Å². The predicted octanol–water partition coefficient (Wildman–Crippen LogP) is 4.95. The molecule has 1 atom stereocenters. The molecule has 0 radical (unpaired) electrons. The van der Waals surface area contributed by atoms with Gasteiger partial charge in [-0.25, -0.2) is 4.39 Å². The van der Waals surface area contributed by atoms with Crippen LogP contribution in [0.4, 0.5) is 15.8 Å². The fourth-order valence-corrected chi connectivity index (χ4v) is 3.70. The second-order valence-electron chi connectivity index (χ2n) is 7.22. The number of fused-ring (bicyclic) bond motifs is 1. The number of carbonyl (C=O) groups excluding carboxylic acids is 1. The van der Waals surface area contributed by atoms with Gasteiger partial charge in [0.1, 0.15) is 17.1 Å². The monoisotopic (exact) mass is 413 g/mol. The number of aliphatic hydroxyl groups excluding tert-OH is 1. The highest BCUT2D eigenvalue weighted by Gasteiger charge is 2.33. The van der Waals surface area contributed by atoms with Gasteiger partial charge < -0.3 is 19.7 Å². The highest BCUT2D eigenvalue weighted by molar-refractivity contribution is 6.07. The third kappa shape index (κ3) is 4.03. The lowest BCUT2D eigenvalue weighted by molar-refractivity contribution is 0.0649. The van der Waals surface area contributed by atoms with Crippen LogP contribution in [0.2, 0.25) is 0 Å². The van der Waals surface area contributed by atoms with Crippen LogP contribution in [0.5, 0.6) is 0 Å². The van der Waals surface area contributed by atoms with Gasteiger partial charge in [0, 0.05) is 24.5 Å². The van der Waals surface area contributed by atoms with Gasteiger partial charge in [-0.2, -0.15) is 0 Å². The topological polar surface area (TPSA) is 78.6 Å². The summed E-state index contributed by atoms with van der Waals surface area (Å²) in [7, 11) is 0. The number of aryl methyl sites for hydroxylation is 2. The largest absolute Gasteiger partial charge is 0.448 e. The van der Waals surface area contributed by atoms with Crippen molar-refractivity contribution in [2.75, 3.05) is 18.5 Å². The molecule has 3 heterocycles. The number of carbonyl (C=O) groups is 1. The van der Waals surface area contributed by atoms with Crippen LogP contribution >= 0.6 is 0 Å². The minimum absolute atomic E-state index is 0.0953. The fourth-order valence-electron chi connectivity index (χ4n) is 3.70. The van der Waals surface area contributed by atoms with E-state index < -0.39 is 5.82 Å². The number of rotatable bonds is 4. The van der Waals surface area contributed by atoms with Crippen LogP contribution in [0, 0.1) is 19.7 Å². The summed E-state index contributed by atoms with van der Waals surface area (Å²) in [5, 5.41) is 13.2. The van der Waals surface area contributed by atoms with E-state index in [1.54, 1.807) is 29.4 Å². The van der Waals surface area contributed by atoms with E-state index in [0.717, 1.165) is 24.0 Å². The minimum atomic E-state index is -0.414. The molecule has 7 heteroatoms. The molecule has 1 fully saturated rings. The summed E-state index contributed by atoms with van der Waals surface area (Å²) in [5.74, 6) is -0.628. The Morgan fingerprint density at radius 3 is 2.80 bits per heavy atom. The Morgan fingerprint density at radius 1 is 1.33 bits per heavy atom. The van der Waals surface area contributed by atoms with Gasteiger partial charge in [0.2, 0.25) is 5.76 Å². The second-order valence-corrected chi connectivity index (χ2v) is 7.22. The van der Waals surface area contributed by atoms with Gasteiger partial charge >= 0.3 is 0 Å². The molecule has 6 nitrogen and oxygen atoms in total. The van der Waals surface area contributed by atoms with Gasteiger partial charge in [-0.3, -0.25) is 9.78 Å². The van der Waals surface area contributed by atoms with Crippen LogP contribution in [-0.2, 0) is 0 Å². The number of aromatic nitrogens is 1. The number of hydrogen-bond donors (Lipinski definition) is 2. The number of hydrogen-bond acceptors (Lipinski definition) is 5. The van der Waals surface area contributed by atoms with Crippen LogP contribution in [0.1, 0.15) is 48.4 Å². The summed E-state index contributed by atoms with van der Waals surface area (Å²) in [6.45, 7) is 8.11. The van der Waals surface area contributed by atoms with Crippen LogP contribution in [-0.4, -0.2) is 40.1 Å². The van der Waals surface area contributed by atoms with E-state index >= 15 is 0 Å². The third-order valence-electron chi connectivity index (χ3n) is 5.20. The number of aliphatic hydroxyl groups is 1. The number of amides is 1. The maximum absolute atomic E-state index is 14.4. The zero-order valence-electron chi connectivity index (χ0n) is 17.8. The van der Waals surface area contributed by atoms with E-state index in [1.807, 2.05) is 27.7 Å². The Balaban J connectivity index is 0.00000124. The molecule has 0 spiro atoms. The van der Waals surface area contributed by atoms with Gasteiger partial charge in [0.25, 0.3) is 5.91 Å². The van der Waals surface area contributed by atoms with E-state index in [4.69, 9.17) is 4.42 Å². The highest BCUT2D eigenvalue weighted by Crippen LogP contribution is 2.36. The molecule has 0 bridgehead atoms. The summed E-state index contributed by atoms with van der Waals surface area (Å²) in [6, 6.07) is 4.62. The number of pyridine rings is 1. The first kappa shape index (κ1) is 21.8. The molecule has 1 saturated heterocycles. The van der Waals surface area contributed by atoms with Crippen molar-refractivity contribution >= 4 is 28.3 Å². The number of nitrogens with one attached hydrogen (secondary N) is 1. The molecule has 1 aromatic carbocycles. The summed E-state index contributed by atoms with van der Waals surface area (Å²) >= 11 is 0. The summed E-state index contributed by atoms with van der Waals surface area (Å²) < 4.78 is 20.4. The van der Waals surface area contributed by atoms with Crippen molar-refractivity contribution < 1.29 is 18.7 Å². The third-order valence-corrected chi connectivity index (χ3v) is 5.20. The Bertz CT molecular complexity index is 1050. The molecule has 4 rings (SSSR count). The van der Waals surface area contributed by atoms with E-state index in [-0.39, 0.29) is 30.0 Å². The average Bonchev–Trinajstić information content (AvgIpc) is 3.37. The number of likely N-dealkylation sites (tertiary alicyclic amines) is 1. The predicted molar refractivity (Wildman–Crippen MR) is 116 cm³/mol. The molecule has 2 N–H and O–H groups in total. The maximum atomic E-state index is 14.4. The maximum Gasteiger partial charge on any atom is 0.292 e. The van der Waals surface area contributed by atoms with Crippen molar-refractivity contribution in [2.24, 2.45) is 0 Å². The molecular weight excluding hydrogens is 385 g/mol. The summed E-state index contributed by atoms with van der Waals surface area (Å²) in [5.41, 5.74) is 2.76. The number of nitrogens with zero attached hydrogens (tertiary/aromatic N) is 2. The molecule has 1 aliphatic heterocycles. The lowest BCUT2D eigenvalue weighted by Crippen LogP contribution is -2.37. The smallest absolute Gasteiger partial charge is 0.292 e. The van der Waals surface area contributed by atoms with E-state index in [0.29, 0.717) is 23.2 Å². The molecule has 3 aromatic rings. The van der Waals surface area contributed by atoms with Crippen LogP contribution in [0.15, 0.2) is 35.0 Å². The van der Waals surface area contributed by atoms with Crippen molar-refractivity contribution in [1.82, 2.24) is 9.88 Å². The first-order chi connectivity index (χ1) is 14.5. The quantitative estimate of drug-likeness (QED) is 0.633. The lowest BCUT2D eigenvalue weighted by atomic mass is 10.1. The zero-order chi connectivity index (χ0) is 21.8. The van der Waals surface area contributed by atoms with Crippen molar-refractivity contribution in [3.63, 3.8) is 0 Å². The highest BCUT2D eigenvalue weighted by atomic mass is 19.1. The standard InChI is InChI=1S/C21H22FN3O3.C2H6/c1-12-5-6-17(16(22)8-12)24-18-15-10-23-9-13(2)19(15)28-20(18)21(27)25-7-3-4-14(25)11-26;1-2/h5-6,8-10,14,24,26H,3-4,7,11H2,1-2H3;1-2H3. The molecule has 1 aliphatic rings. The number of benzene rings is 1.